The van der Waals surface area contributed by atoms with Crippen molar-refractivity contribution in [3.05, 3.63) is 0 Å². The average molecular weight is 143 g/mol. The quantitative estimate of drug-likeness (QED) is 0.375. The monoisotopic (exact) mass is 143 g/mol. The Hall–Kier alpha value is -0.610. The van der Waals surface area contributed by atoms with Gasteiger partial charge < -0.3 is 15.4 Å². The third kappa shape index (κ3) is 1.68. The third-order valence-electron chi connectivity index (χ3n) is 1.62. The van der Waals surface area contributed by atoms with Crippen LogP contribution in [-0.2, 0) is 4.74 Å². The van der Waals surface area contributed by atoms with Crippen LogP contribution in [0.25, 0.3) is 0 Å². The molecule has 58 valence electrons. The molecule has 0 bridgehead atoms. The molecular weight excluding hydrogens is 130 g/mol. The third-order valence-corrected chi connectivity index (χ3v) is 1.62. The minimum absolute atomic E-state index is 0.131. The van der Waals surface area contributed by atoms with Gasteiger partial charge in [0.25, 0.3) is 0 Å². The maximum atomic E-state index is 7.10. The maximum absolute atomic E-state index is 7.10. The van der Waals surface area contributed by atoms with Crippen molar-refractivity contribution < 1.29 is 4.74 Å². The minimum Gasteiger partial charge on any atom is -0.385 e. The molecule has 1 heterocycles. The van der Waals surface area contributed by atoms with Crippen LogP contribution in [0.3, 0.4) is 0 Å². The number of nitrogens with two attached hydrogens (primary N) is 1. The van der Waals surface area contributed by atoms with Crippen molar-refractivity contribution >= 4 is 5.84 Å². The molecule has 0 aliphatic carbocycles. The first-order valence-corrected chi connectivity index (χ1v) is 3.34. The lowest BCUT2D eigenvalue weighted by Gasteiger charge is -2.28. The fourth-order valence-electron chi connectivity index (χ4n) is 0.966. The Bertz CT molecular complexity index is 137. The van der Waals surface area contributed by atoms with Gasteiger partial charge in [0.1, 0.15) is 11.9 Å². The largest absolute Gasteiger partial charge is 0.385 e. The van der Waals surface area contributed by atoms with Gasteiger partial charge >= 0.3 is 0 Å². The summed E-state index contributed by atoms with van der Waals surface area (Å²) in [6.45, 7) is 2.36. The molecule has 0 amide bonds. The molecule has 4 heteroatoms. The van der Waals surface area contributed by atoms with E-state index in [1.165, 1.54) is 0 Å². The molecule has 0 radical (unpaired) electrons. The van der Waals surface area contributed by atoms with Crippen molar-refractivity contribution in [1.82, 2.24) is 4.90 Å². The van der Waals surface area contributed by atoms with Crippen molar-refractivity contribution in [3.63, 3.8) is 0 Å². The van der Waals surface area contributed by atoms with E-state index >= 15 is 0 Å². The molecule has 3 N–H and O–H groups in total. The molecule has 0 unspecified atom stereocenters. The van der Waals surface area contributed by atoms with Gasteiger partial charge in [-0.1, -0.05) is 0 Å². The molecule has 0 aromatic rings. The van der Waals surface area contributed by atoms with Gasteiger partial charge in [-0.15, -0.1) is 0 Å². The molecule has 0 saturated carbocycles. The van der Waals surface area contributed by atoms with Gasteiger partial charge in [0.05, 0.1) is 6.61 Å². The highest BCUT2D eigenvalue weighted by Crippen LogP contribution is 2.01. The molecule has 10 heavy (non-hydrogen) atoms. The standard InChI is InChI=1S/C6H13N3O/c1-9-2-3-10-5(4-9)6(7)8/h5H,2-4H2,1H3,(H3,7,8)/t5-/m1/s1. The summed E-state index contributed by atoms with van der Waals surface area (Å²) in [4.78, 5) is 2.11. The molecule has 0 aromatic carbocycles. The number of nitrogens with zero attached hydrogens (tertiary/aromatic N) is 1. The molecule has 0 aromatic heterocycles. The number of hydrogen-bond acceptors (Lipinski definition) is 3. The van der Waals surface area contributed by atoms with Crippen molar-refractivity contribution in [2.45, 2.75) is 6.10 Å². The van der Waals surface area contributed by atoms with Gasteiger partial charge in [0.15, 0.2) is 0 Å². The van der Waals surface area contributed by atoms with Crippen LogP contribution in [-0.4, -0.2) is 43.6 Å². The van der Waals surface area contributed by atoms with Crippen LogP contribution in [0.4, 0.5) is 0 Å². The Morgan fingerprint density at radius 2 is 2.50 bits per heavy atom. The predicted octanol–water partition coefficient (Wildman–Crippen LogP) is -0.747. The van der Waals surface area contributed by atoms with E-state index in [4.69, 9.17) is 15.9 Å². The van der Waals surface area contributed by atoms with E-state index in [0.29, 0.717) is 6.61 Å². The van der Waals surface area contributed by atoms with E-state index in [-0.39, 0.29) is 11.9 Å². The molecule has 0 spiro atoms. The summed E-state index contributed by atoms with van der Waals surface area (Å²) in [5, 5.41) is 7.10. The SMILES string of the molecule is CN1CCO[C@@H](C(=N)N)C1. The first-order valence-electron chi connectivity index (χ1n) is 3.34. The molecular formula is C6H13N3O. The Kier molecular flexibility index (Phi) is 2.24. The highest BCUT2D eigenvalue weighted by molar-refractivity contribution is 5.82. The van der Waals surface area contributed by atoms with Crippen LogP contribution >= 0.6 is 0 Å². The van der Waals surface area contributed by atoms with Crippen LogP contribution < -0.4 is 5.73 Å². The molecule has 1 atom stereocenters. The number of likely N-dealkylation sites (N-methyl/N-ethyl adjacent to an activating group) is 1. The van der Waals surface area contributed by atoms with Crippen LogP contribution in [0.5, 0.6) is 0 Å². The van der Waals surface area contributed by atoms with Gasteiger partial charge in [0, 0.05) is 13.1 Å². The zero-order valence-corrected chi connectivity index (χ0v) is 6.13. The Labute approximate surface area is 60.5 Å². The van der Waals surface area contributed by atoms with E-state index in [2.05, 4.69) is 4.90 Å². The number of amidine groups is 1. The second-order valence-electron chi connectivity index (χ2n) is 2.58. The van der Waals surface area contributed by atoms with Gasteiger partial charge in [-0.3, -0.25) is 5.41 Å². The lowest BCUT2D eigenvalue weighted by molar-refractivity contribution is 0.0164. The molecule has 1 fully saturated rings. The zero-order valence-electron chi connectivity index (χ0n) is 6.13. The Morgan fingerprint density at radius 3 is 2.90 bits per heavy atom. The molecule has 1 aliphatic rings. The van der Waals surface area contributed by atoms with Crippen LogP contribution in [0.1, 0.15) is 0 Å². The van der Waals surface area contributed by atoms with Crippen molar-refractivity contribution in [1.29, 1.82) is 5.41 Å². The second kappa shape index (κ2) is 2.98. The highest BCUT2D eigenvalue weighted by atomic mass is 16.5. The summed E-state index contributed by atoms with van der Waals surface area (Å²) in [7, 11) is 2.00. The lowest BCUT2D eigenvalue weighted by Crippen LogP contribution is -2.46. The average Bonchev–Trinajstić information content (AvgIpc) is 1.88. The zero-order chi connectivity index (χ0) is 7.56. The van der Waals surface area contributed by atoms with Crippen LogP contribution in [0.2, 0.25) is 0 Å². The van der Waals surface area contributed by atoms with E-state index in [9.17, 15) is 0 Å². The molecule has 1 rings (SSSR count). The first kappa shape index (κ1) is 7.50. The predicted molar refractivity (Wildman–Crippen MR) is 39.2 cm³/mol. The number of nitrogens with one attached hydrogen (secondary N) is 1. The summed E-state index contributed by atoms with van der Waals surface area (Å²) in [5.41, 5.74) is 5.26. The van der Waals surface area contributed by atoms with Gasteiger partial charge in [-0.25, -0.2) is 0 Å². The first-order chi connectivity index (χ1) is 4.70. The van der Waals surface area contributed by atoms with E-state index in [1.54, 1.807) is 0 Å². The van der Waals surface area contributed by atoms with E-state index < -0.39 is 0 Å². The normalized spacial score (nSPS) is 28.3. The highest BCUT2D eigenvalue weighted by Gasteiger charge is 2.19. The summed E-state index contributed by atoms with van der Waals surface area (Å²) >= 11 is 0. The number of ether oxygens (including phenoxy) is 1. The van der Waals surface area contributed by atoms with E-state index in [1.807, 2.05) is 7.05 Å². The molecule has 4 nitrogen and oxygen atoms in total. The van der Waals surface area contributed by atoms with Gasteiger partial charge in [0.2, 0.25) is 0 Å². The summed E-state index contributed by atoms with van der Waals surface area (Å²) in [6, 6.07) is 0. The molecule has 1 saturated heterocycles. The van der Waals surface area contributed by atoms with Crippen molar-refractivity contribution in [2.75, 3.05) is 26.7 Å². The Morgan fingerprint density at radius 1 is 1.80 bits per heavy atom. The van der Waals surface area contributed by atoms with Crippen molar-refractivity contribution in [2.24, 2.45) is 5.73 Å². The summed E-state index contributed by atoms with van der Waals surface area (Å²) < 4.78 is 5.22. The summed E-state index contributed by atoms with van der Waals surface area (Å²) in [5.74, 6) is 0.131. The number of rotatable bonds is 1. The van der Waals surface area contributed by atoms with E-state index in [0.717, 1.165) is 13.1 Å². The van der Waals surface area contributed by atoms with Crippen LogP contribution in [0, 0.1) is 5.41 Å². The molecule has 1 aliphatic heterocycles. The smallest absolute Gasteiger partial charge is 0.127 e. The topological polar surface area (TPSA) is 62.3 Å². The van der Waals surface area contributed by atoms with Crippen molar-refractivity contribution in [3.8, 4) is 0 Å². The summed E-state index contributed by atoms with van der Waals surface area (Å²) in [6.07, 6.45) is -0.182. The fourth-order valence-corrected chi connectivity index (χ4v) is 0.966. The lowest BCUT2D eigenvalue weighted by atomic mass is 10.3. The van der Waals surface area contributed by atoms with Crippen LogP contribution in [0.15, 0.2) is 0 Å². The fraction of sp³-hybridized carbons (Fsp3) is 0.833. The minimum atomic E-state index is -0.182. The Balaban J connectivity index is 2.39. The van der Waals surface area contributed by atoms with Gasteiger partial charge in [-0.2, -0.15) is 0 Å². The number of hydrogen-bond donors (Lipinski definition) is 2. The van der Waals surface area contributed by atoms with Gasteiger partial charge in [-0.05, 0) is 7.05 Å². The number of morpholine rings is 1. The maximum Gasteiger partial charge on any atom is 0.127 e. The second-order valence-corrected chi connectivity index (χ2v) is 2.58.